The first kappa shape index (κ1) is 23.2. The molecule has 0 unspecified atom stereocenters. The van der Waals surface area contributed by atoms with E-state index in [9.17, 15) is 21.6 Å². The van der Waals surface area contributed by atoms with E-state index in [1.165, 1.54) is 37.0 Å². The highest BCUT2D eigenvalue weighted by molar-refractivity contribution is 7.89. The minimum absolute atomic E-state index is 0.0883. The lowest BCUT2D eigenvalue weighted by Crippen LogP contribution is -2.39. The Morgan fingerprint density at radius 2 is 1.64 bits per heavy atom. The van der Waals surface area contributed by atoms with E-state index in [4.69, 9.17) is 0 Å². The summed E-state index contributed by atoms with van der Waals surface area (Å²) in [5.74, 6) is 0.646. The first-order valence-corrected chi connectivity index (χ1v) is 11.4. The molecule has 0 spiro atoms. The third-order valence-electron chi connectivity index (χ3n) is 5.73. The summed E-state index contributed by atoms with van der Waals surface area (Å²) in [7, 11) is -0.294. The topological polar surface area (TPSA) is 49.4 Å². The second-order valence-electron chi connectivity index (χ2n) is 7.67. The highest BCUT2D eigenvalue weighted by Gasteiger charge is 2.33. The Bertz CT molecular complexity index is 697. The second-order valence-corrected chi connectivity index (χ2v) is 9.67. The lowest BCUT2D eigenvalue weighted by molar-refractivity contribution is -0.137. The van der Waals surface area contributed by atoms with Gasteiger partial charge in [-0.15, -0.1) is 0 Å². The van der Waals surface area contributed by atoms with Gasteiger partial charge < -0.3 is 5.32 Å². The fourth-order valence-corrected chi connectivity index (χ4v) is 5.30. The predicted molar refractivity (Wildman–Crippen MR) is 105 cm³/mol. The summed E-state index contributed by atoms with van der Waals surface area (Å²) in [5.41, 5.74) is -0.843. The zero-order chi connectivity index (χ0) is 20.8. The number of alkyl halides is 3. The third-order valence-corrected chi connectivity index (χ3v) is 7.65. The first-order chi connectivity index (χ1) is 13.2. The van der Waals surface area contributed by atoms with E-state index in [1.807, 2.05) is 7.05 Å². The van der Waals surface area contributed by atoms with Crippen LogP contribution in [0.25, 0.3) is 0 Å². The summed E-state index contributed by atoms with van der Waals surface area (Å²) in [5, 5.41) is 3.14. The van der Waals surface area contributed by atoms with E-state index < -0.39 is 21.8 Å². The minimum atomic E-state index is -4.47. The van der Waals surface area contributed by atoms with Crippen molar-refractivity contribution in [3.63, 3.8) is 0 Å². The highest BCUT2D eigenvalue weighted by atomic mass is 32.2. The summed E-state index contributed by atoms with van der Waals surface area (Å²) in [6.45, 7) is 1.04. The normalized spacial score (nSPS) is 21.2. The second kappa shape index (κ2) is 10.1. The number of nitrogens with zero attached hydrogens (tertiary/aromatic N) is 1. The molecule has 1 N–H and O–H groups in total. The summed E-state index contributed by atoms with van der Waals surface area (Å²) in [4.78, 5) is -0.0883. The predicted octanol–water partition coefficient (Wildman–Crippen LogP) is 4.66. The van der Waals surface area contributed by atoms with Crippen molar-refractivity contribution in [3.05, 3.63) is 29.8 Å². The molecule has 0 aliphatic heterocycles. The molecule has 1 fully saturated rings. The standard InChI is InChI=1S/C20H31F3N2O2S/c1-24-15-5-3-4-6-16-7-11-18(12-8-16)25(2)28(26,27)19-13-9-17(10-14-19)20(21,22)23/h9-10,13-14,16,18,24H,3-8,11-12,15H2,1-2H3/t16-,18-. The number of benzene rings is 1. The largest absolute Gasteiger partial charge is 0.416 e. The zero-order valence-corrected chi connectivity index (χ0v) is 17.5. The molecule has 0 radical (unpaired) electrons. The molecule has 1 aromatic rings. The Hall–Kier alpha value is -1.12. The Kier molecular flexibility index (Phi) is 8.33. The van der Waals surface area contributed by atoms with Crippen molar-refractivity contribution in [2.45, 2.75) is 68.5 Å². The fraction of sp³-hybridized carbons (Fsp3) is 0.700. The highest BCUT2D eigenvalue weighted by Crippen LogP contribution is 2.34. The van der Waals surface area contributed by atoms with Gasteiger partial charge in [-0.2, -0.15) is 17.5 Å². The summed E-state index contributed by atoms with van der Waals surface area (Å²) in [6, 6.07) is 3.65. The van der Waals surface area contributed by atoms with Crippen molar-refractivity contribution in [2.75, 3.05) is 20.6 Å². The molecule has 0 heterocycles. The van der Waals surface area contributed by atoms with Crippen LogP contribution in [0.3, 0.4) is 0 Å². The Labute approximate surface area is 166 Å². The van der Waals surface area contributed by atoms with Gasteiger partial charge in [0.15, 0.2) is 0 Å². The Balaban J connectivity index is 1.89. The summed E-state index contributed by atoms with van der Waals surface area (Å²) < 4.78 is 65.0. The summed E-state index contributed by atoms with van der Waals surface area (Å²) in [6.07, 6.45) is 3.92. The van der Waals surface area contributed by atoms with E-state index in [-0.39, 0.29) is 10.9 Å². The lowest BCUT2D eigenvalue weighted by Gasteiger charge is -2.34. The first-order valence-electron chi connectivity index (χ1n) is 9.96. The molecule has 28 heavy (non-hydrogen) atoms. The van der Waals surface area contributed by atoms with Gasteiger partial charge >= 0.3 is 6.18 Å². The van der Waals surface area contributed by atoms with Crippen LogP contribution < -0.4 is 5.32 Å². The third kappa shape index (κ3) is 6.19. The van der Waals surface area contributed by atoms with Crippen LogP contribution in [-0.4, -0.2) is 39.4 Å². The maximum absolute atomic E-state index is 12.8. The van der Waals surface area contributed by atoms with Crippen molar-refractivity contribution in [2.24, 2.45) is 5.92 Å². The molecular formula is C20H31F3N2O2S. The van der Waals surface area contributed by atoms with Crippen LogP contribution in [0.5, 0.6) is 0 Å². The van der Waals surface area contributed by atoms with E-state index in [0.29, 0.717) is 5.92 Å². The number of halogens is 3. The number of hydrogen-bond donors (Lipinski definition) is 1. The molecule has 0 aromatic heterocycles. The molecular weight excluding hydrogens is 389 g/mol. The molecule has 8 heteroatoms. The molecule has 2 rings (SSSR count). The van der Waals surface area contributed by atoms with Gasteiger partial charge in [-0.3, -0.25) is 0 Å². The Morgan fingerprint density at radius 3 is 2.18 bits per heavy atom. The van der Waals surface area contributed by atoms with Crippen molar-refractivity contribution >= 4 is 10.0 Å². The molecule has 4 nitrogen and oxygen atoms in total. The van der Waals surface area contributed by atoms with Crippen LogP contribution in [0.2, 0.25) is 0 Å². The fourth-order valence-electron chi connectivity index (χ4n) is 3.89. The van der Waals surface area contributed by atoms with Crippen LogP contribution in [0.4, 0.5) is 13.2 Å². The average molecular weight is 421 g/mol. The molecule has 0 amide bonds. The van der Waals surface area contributed by atoms with Gasteiger partial charge in [0.2, 0.25) is 10.0 Å². The van der Waals surface area contributed by atoms with Gasteiger partial charge in [-0.1, -0.05) is 19.3 Å². The molecule has 160 valence electrons. The van der Waals surface area contributed by atoms with Gasteiger partial charge in [0.1, 0.15) is 0 Å². The molecule has 0 bridgehead atoms. The van der Waals surface area contributed by atoms with Gasteiger partial charge in [-0.25, -0.2) is 8.42 Å². The van der Waals surface area contributed by atoms with E-state index in [1.54, 1.807) is 0 Å². The molecule has 1 aromatic carbocycles. The zero-order valence-electron chi connectivity index (χ0n) is 16.6. The minimum Gasteiger partial charge on any atom is -0.320 e. The molecule has 1 aliphatic rings. The lowest BCUT2D eigenvalue weighted by atomic mass is 9.83. The van der Waals surface area contributed by atoms with Crippen LogP contribution in [0.15, 0.2) is 29.2 Å². The maximum Gasteiger partial charge on any atom is 0.416 e. The molecule has 1 saturated carbocycles. The maximum atomic E-state index is 12.8. The molecule has 0 atom stereocenters. The van der Waals surface area contributed by atoms with Gasteiger partial charge in [0, 0.05) is 13.1 Å². The van der Waals surface area contributed by atoms with Crippen molar-refractivity contribution in [3.8, 4) is 0 Å². The van der Waals surface area contributed by atoms with Crippen LogP contribution >= 0.6 is 0 Å². The van der Waals surface area contributed by atoms with Crippen LogP contribution in [0, 0.1) is 5.92 Å². The van der Waals surface area contributed by atoms with Gasteiger partial charge in [-0.05, 0) is 75.9 Å². The Morgan fingerprint density at radius 1 is 1.04 bits per heavy atom. The smallest absolute Gasteiger partial charge is 0.320 e. The van der Waals surface area contributed by atoms with E-state index in [2.05, 4.69) is 5.32 Å². The van der Waals surface area contributed by atoms with Gasteiger partial charge in [0.05, 0.1) is 10.5 Å². The van der Waals surface area contributed by atoms with Crippen molar-refractivity contribution < 1.29 is 21.6 Å². The van der Waals surface area contributed by atoms with Gasteiger partial charge in [0.25, 0.3) is 0 Å². The van der Waals surface area contributed by atoms with Crippen LogP contribution in [0.1, 0.15) is 56.9 Å². The molecule has 1 aliphatic carbocycles. The van der Waals surface area contributed by atoms with Crippen LogP contribution in [-0.2, 0) is 16.2 Å². The van der Waals surface area contributed by atoms with E-state index in [0.717, 1.165) is 56.5 Å². The molecule has 0 saturated heterocycles. The number of sulfonamides is 1. The number of rotatable bonds is 9. The number of nitrogens with one attached hydrogen (secondary N) is 1. The number of hydrogen-bond acceptors (Lipinski definition) is 3. The summed E-state index contributed by atoms with van der Waals surface area (Å²) >= 11 is 0. The van der Waals surface area contributed by atoms with Crippen molar-refractivity contribution in [1.29, 1.82) is 0 Å². The quantitative estimate of drug-likeness (QED) is 0.591. The average Bonchev–Trinajstić information content (AvgIpc) is 2.67. The SMILES string of the molecule is CNCCCCC[C@H]1CC[C@H](N(C)S(=O)(=O)c2ccc(C(F)(F)F)cc2)CC1. The monoisotopic (exact) mass is 420 g/mol. The number of unbranched alkanes of at least 4 members (excludes halogenated alkanes) is 2. The van der Waals surface area contributed by atoms with E-state index >= 15 is 0 Å². The van der Waals surface area contributed by atoms with Crippen molar-refractivity contribution in [1.82, 2.24) is 9.62 Å².